The van der Waals surface area contributed by atoms with E-state index in [9.17, 15) is 0 Å². The van der Waals surface area contributed by atoms with Crippen LogP contribution in [-0.2, 0) is 9.47 Å². The predicted octanol–water partition coefficient (Wildman–Crippen LogP) is 2.33. The maximum absolute atomic E-state index is 5.92. The highest BCUT2D eigenvalue weighted by atomic mass is 79.9. The highest BCUT2D eigenvalue weighted by molar-refractivity contribution is 9.10. The second-order valence-corrected chi connectivity index (χ2v) is 3.91. The molecule has 1 saturated heterocycles. The molecule has 1 aliphatic rings. The van der Waals surface area contributed by atoms with Crippen LogP contribution in [0.1, 0.15) is 18.3 Å². The van der Waals surface area contributed by atoms with Gasteiger partial charge in [-0.05, 0) is 22.4 Å². The van der Waals surface area contributed by atoms with E-state index < -0.39 is 6.29 Å². The number of nitrogens with zero attached hydrogens (tertiary/aromatic N) is 2. The van der Waals surface area contributed by atoms with Crippen molar-refractivity contribution in [3.8, 4) is 0 Å². The molecule has 4 nitrogen and oxygen atoms in total. The molecule has 2 heterocycles. The molecule has 14 heavy (non-hydrogen) atoms. The first kappa shape index (κ1) is 10.3. The normalized spacial score (nSPS) is 18.4. The Bertz CT molecular complexity index is 311. The minimum atomic E-state index is -0.452. The van der Waals surface area contributed by atoms with Crippen LogP contribution in [0.15, 0.2) is 10.9 Å². The molecular formula is C8H8BrClN2O2. The Kier molecular flexibility index (Phi) is 3.33. The Balaban J connectivity index is 2.29. The van der Waals surface area contributed by atoms with E-state index in [4.69, 9.17) is 21.1 Å². The van der Waals surface area contributed by atoms with Crippen LogP contribution in [0.2, 0.25) is 5.15 Å². The zero-order valence-electron chi connectivity index (χ0n) is 7.24. The Hall–Kier alpha value is -0.230. The van der Waals surface area contributed by atoms with Gasteiger partial charge in [0.25, 0.3) is 0 Å². The summed E-state index contributed by atoms with van der Waals surface area (Å²) in [5, 5.41) is 0.360. The van der Waals surface area contributed by atoms with E-state index in [1.54, 1.807) is 0 Å². The maximum Gasteiger partial charge on any atom is 0.189 e. The summed E-state index contributed by atoms with van der Waals surface area (Å²) in [6.07, 6.45) is 1.84. The molecule has 0 aromatic carbocycles. The molecule has 0 amide bonds. The van der Waals surface area contributed by atoms with Crippen molar-refractivity contribution in [2.75, 3.05) is 13.2 Å². The second kappa shape index (κ2) is 4.53. The van der Waals surface area contributed by atoms with E-state index in [1.807, 2.05) is 0 Å². The fourth-order valence-electron chi connectivity index (χ4n) is 1.20. The van der Waals surface area contributed by atoms with Crippen molar-refractivity contribution < 1.29 is 9.47 Å². The summed E-state index contributed by atoms with van der Waals surface area (Å²) in [7, 11) is 0. The van der Waals surface area contributed by atoms with Gasteiger partial charge in [-0.3, -0.25) is 0 Å². The third kappa shape index (κ3) is 2.06. The molecule has 0 atom stereocenters. The van der Waals surface area contributed by atoms with Gasteiger partial charge in [-0.2, -0.15) is 0 Å². The van der Waals surface area contributed by atoms with Crippen molar-refractivity contribution in [2.45, 2.75) is 12.7 Å². The molecule has 1 fully saturated rings. The van der Waals surface area contributed by atoms with Gasteiger partial charge in [0, 0.05) is 0 Å². The summed E-state index contributed by atoms with van der Waals surface area (Å²) in [5.41, 5.74) is 0.661. The highest BCUT2D eigenvalue weighted by Crippen LogP contribution is 2.31. The lowest BCUT2D eigenvalue weighted by molar-refractivity contribution is -0.183. The number of hydrogen-bond donors (Lipinski definition) is 0. The fourth-order valence-corrected chi connectivity index (χ4v) is 2.01. The fraction of sp³-hybridized carbons (Fsp3) is 0.500. The first-order chi connectivity index (χ1) is 6.79. The van der Waals surface area contributed by atoms with Gasteiger partial charge in [0.05, 0.1) is 18.8 Å². The van der Waals surface area contributed by atoms with Crippen LogP contribution in [0, 0.1) is 0 Å². The molecule has 1 aromatic rings. The summed E-state index contributed by atoms with van der Waals surface area (Å²) >= 11 is 9.21. The third-order valence-corrected chi connectivity index (χ3v) is 2.78. The van der Waals surface area contributed by atoms with Crippen molar-refractivity contribution in [2.24, 2.45) is 0 Å². The highest BCUT2D eigenvalue weighted by Gasteiger charge is 2.23. The Morgan fingerprint density at radius 1 is 1.36 bits per heavy atom. The molecule has 0 N–H and O–H groups in total. The van der Waals surface area contributed by atoms with Crippen molar-refractivity contribution in [3.05, 3.63) is 21.6 Å². The van der Waals surface area contributed by atoms with Gasteiger partial charge in [0.2, 0.25) is 0 Å². The summed E-state index contributed by atoms with van der Waals surface area (Å²) in [6.45, 7) is 1.34. The molecule has 0 unspecified atom stereocenters. The van der Waals surface area contributed by atoms with Crippen LogP contribution < -0.4 is 0 Å². The molecule has 0 bridgehead atoms. The number of aromatic nitrogens is 2. The number of rotatable bonds is 1. The first-order valence-electron chi connectivity index (χ1n) is 4.18. The monoisotopic (exact) mass is 278 g/mol. The van der Waals surface area contributed by atoms with Crippen LogP contribution >= 0.6 is 27.5 Å². The lowest BCUT2D eigenvalue weighted by Crippen LogP contribution is -2.19. The van der Waals surface area contributed by atoms with Gasteiger partial charge in [0.15, 0.2) is 6.29 Å². The maximum atomic E-state index is 5.92. The van der Waals surface area contributed by atoms with E-state index >= 15 is 0 Å². The second-order valence-electron chi connectivity index (χ2n) is 2.80. The van der Waals surface area contributed by atoms with Gasteiger partial charge in [0.1, 0.15) is 16.1 Å². The lowest BCUT2D eigenvalue weighted by atomic mass is 10.3. The SMILES string of the molecule is Clc1ncnc(Br)c1C1OCCCO1. The van der Waals surface area contributed by atoms with Crippen molar-refractivity contribution in [3.63, 3.8) is 0 Å². The standard InChI is InChI=1S/C8H8BrClN2O2/c9-6-5(7(10)12-4-11-6)8-13-2-1-3-14-8/h4,8H,1-3H2. The molecule has 0 saturated carbocycles. The zero-order chi connectivity index (χ0) is 9.97. The van der Waals surface area contributed by atoms with E-state index in [1.165, 1.54) is 6.33 Å². The summed E-state index contributed by atoms with van der Waals surface area (Å²) < 4.78 is 11.4. The molecule has 2 rings (SSSR count). The van der Waals surface area contributed by atoms with E-state index in [0.717, 1.165) is 6.42 Å². The zero-order valence-corrected chi connectivity index (χ0v) is 9.58. The summed E-state index contributed by atoms with van der Waals surface area (Å²) in [5.74, 6) is 0. The largest absolute Gasteiger partial charge is 0.348 e. The Morgan fingerprint density at radius 2 is 2.07 bits per heavy atom. The molecule has 0 radical (unpaired) electrons. The molecule has 0 spiro atoms. The molecular weight excluding hydrogens is 271 g/mol. The third-order valence-electron chi connectivity index (χ3n) is 1.85. The summed E-state index contributed by atoms with van der Waals surface area (Å²) in [6, 6.07) is 0. The molecule has 0 aliphatic carbocycles. The van der Waals surface area contributed by atoms with Crippen LogP contribution in [0.4, 0.5) is 0 Å². The van der Waals surface area contributed by atoms with E-state index in [0.29, 0.717) is 28.5 Å². The number of hydrogen-bond acceptors (Lipinski definition) is 4. The van der Waals surface area contributed by atoms with Crippen LogP contribution in [-0.4, -0.2) is 23.2 Å². The minimum Gasteiger partial charge on any atom is -0.348 e. The Morgan fingerprint density at radius 3 is 2.71 bits per heavy atom. The van der Waals surface area contributed by atoms with Crippen molar-refractivity contribution in [1.29, 1.82) is 0 Å². The lowest BCUT2D eigenvalue weighted by Gasteiger charge is -2.24. The molecule has 1 aromatic heterocycles. The smallest absolute Gasteiger partial charge is 0.189 e. The molecule has 6 heteroatoms. The average Bonchev–Trinajstić information content (AvgIpc) is 2.19. The van der Waals surface area contributed by atoms with Crippen LogP contribution in [0.5, 0.6) is 0 Å². The predicted molar refractivity (Wildman–Crippen MR) is 54.0 cm³/mol. The van der Waals surface area contributed by atoms with E-state index in [-0.39, 0.29) is 0 Å². The first-order valence-corrected chi connectivity index (χ1v) is 5.35. The number of ether oxygens (including phenoxy) is 2. The van der Waals surface area contributed by atoms with Crippen molar-refractivity contribution >= 4 is 27.5 Å². The van der Waals surface area contributed by atoms with Gasteiger partial charge in [-0.25, -0.2) is 9.97 Å². The van der Waals surface area contributed by atoms with Crippen LogP contribution in [0.3, 0.4) is 0 Å². The minimum absolute atomic E-state index is 0.360. The quantitative estimate of drug-likeness (QED) is 0.740. The Labute approximate surface area is 94.7 Å². The van der Waals surface area contributed by atoms with Gasteiger partial charge in [-0.1, -0.05) is 11.6 Å². The number of halogens is 2. The average molecular weight is 280 g/mol. The van der Waals surface area contributed by atoms with Gasteiger partial charge in [-0.15, -0.1) is 0 Å². The molecule has 76 valence electrons. The van der Waals surface area contributed by atoms with Gasteiger partial charge < -0.3 is 9.47 Å². The molecule has 1 aliphatic heterocycles. The van der Waals surface area contributed by atoms with Crippen molar-refractivity contribution in [1.82, 2.24) is 9.97 Å². The summed E-state index contributed by atoms with van der Waals surface area (Å²) in [4.78, 5) is 7.86. The van der Waals surface area contributed by atoms with Crippen LogP contribution in [0.25, 0.3) is 0 Å². The van der Waals surface area contributed by atoms with E-state index in [2.05, 4.69) is 25.9 Å². The van der Waals surface area contributed by atoms with Gasteiger partial charge >= 0.3 is 0 Å². The topological polar surface area (TPSA) is 44.2 Å².